The number of sulfonamides is 1. The van der Waals surface area contributed by atoms with Crippen molar-refractivity contribution in [2.75, 3.05) is 4.72 Å². The quantitative estimate of drug-likeness (QED) is 0.842. The Morgan fingerprint density at radius 1 is 1.07 bits per heavy atom. The topological polar surface area (TPSA) is 46.2 Å². The van der Waals surface area contributed by atoms with E-state index in [2.05, 4.69) is 0 Å². The van der Waals surface area contributed by atoms with E-state index in [4.69, 9.17) is 0 Å². The fraction of sp³-hybridized carbons (Fsp3) is 0.143. The maximum atomic E-state index is 11.9. The zero-order valence-corrected chi connectivity index (χ0v) is 9.43. The Balaban J connectivity index is 0.00000196. The van der Waals surface area contributed by atoms with Crippen LogP contribution in [0.3, 0.4) is 0 Å². The second kappa shape index (κ2) is 4.97. The third kappa shape index (κ3) is 3.82. The molecule has 0 atom stereocenters. The molecule has 0 aliphatic carbocycles. The minimum Gasteiger partial charge on any atom is -0.276 e. The molecule has 15 heavy (non-hydrogen) atoms. The molecular formula is C7H6F3NO2PdS. The number of hydrogen-bond acceptors (Lipinski definition) is 2. The van der Waals surface area contributed by atoms with Crippen molar-refractivity contribution in [2.45, 2.75) is 5.51 Å². The fourth-order valence-electron chi connectivity index (χ4n) is 0.719. The van der Waals surface area contributed by atoms with Gasteiger partial charge in [-0.1, -0.05) is 18.2 Å². The van der Waals surface area contributed by atoms with Crippen molar-refractivity contribution in [3.63, 3.8) is 0 Å². The van der Waals surface area contributed by atoms with Crippen LogP contribution >= 0.6 is 0 Å². The van der Waals surface area contributed by atoms with Gasteiger partial charge in [0, 0.05) is 26.1 Å². The fourth-order valence-corrected chi connectivity index (χ4v) is 1.28. The standard InChI is InChI=1S/C7H6F3NO2S.Pd/c8-7(9,10)14(12,13)11-6-4-2-1-3-5-6;/h1-5,11H;. The predicted molar refractivity (Wildman–Crippen MR) is 45.0 cm³/mol. The first-order valence-corrected chi connectivity index (χ1v) is 4.95. The Hall–Kier alpha value is -0.578. The number of para-hydroxylation sites is 1. The first-order valence-electron chi connectivity index (χ1n) is 3.47. The summed E-state index contributed by atoms with van der Waals surface area (Å²) in [6.07, 6.45) is 0. The van der Waals surface area contributed by atoms with E-state index in [-0.39, 0.29) is 26.1 Å². The molecule has 0 spiro atoms. The van der Waals surface area contributed by atoms with E-state index in [1.54, 1.807) is 6.07 Å². The smallest absolute Gasteiger partial charge is 0.276 e. The monoisotopic (exact) mass is 331 g/mol. The van der Waals surface area contributed by atoms with Crippen molar-refractivity contribution in [1.82, 2.24) is 0 Å². The van der Waals surface area contributed by atoms with Gasteiger partial charge in [0.2, 0.25) is 0 Å². The van der Waals surface area contributed by atoms with Crippen molar-refractivity contribution < 1.29 is 42.0 Å². The molecule has 0 fully saturated rings. The molecule has 88 valence electrons. The van der Waals surface area contributed by atoms with E-state index in [1.807, 2.05) is 0 Å². The van der Waals surface area contributed by atoms with Crippen molar-refractivity contribution in [3.05, 3.63) is 30.3 Å². The third-order valence-electron chi connectivity index (χ3n) is 1.33. The summed E-state index contributed by atoms with van der Waals surface area (Å²) < 4.78 is 58.2. The van der Waals surface area contributed by atoms with E-state index in [9.17, 15) is 21.6 Å². The third-order valence-corrected chi connectivity index (χ3v) is 2.44. The van der Waals surface area contributed by atoms with Gasteiger partial charge < -0.3 is 0 Å². The van der Waals surface area contributed by atoms with Gasteiger partial charge in [-0.3, -0.25) is 4.72 Å². The predicted octanol–water partition coefficient (Wildman–Crippen LogP) is 1.95. The Morgan fingerprint density at radius 2 is 1.53 bits per heavy atom. The molecule has 0 aliphatic rings. The van der Waals surface area contributed by atoms with Gasteiger partial charge in [-0.2, -0.15) is 21.6 Å². The summed E-state index contributed by atoms with van der Waals surface area (Å²) in [5.41, 5.74) is -5.41. The van der Waals surface area contributed by atoms with E-state index in [0.29, 0.717) is 0 Å². The van der Waals surface area contributed by atoms with Crippen LogP contribution in [-0.4, -0.2) is 13.9 Å². The molecule has 0 saturated carbocycles. The van der Waals surface area contributed by atoms with Gasteiger partial charge in [0.15, 0.2) is 0 Å². The number of hydrogen-bond donors (Lipinski definition) is 1. The van der Waals surface area contributed by atoms with Gasteiger partial charge in [0.05, 0.1) is 0 Å². The van der Waals surface area contributed by atoms with Crippen LogP contribution < -0.4 is 4.72 Å². The van der Waals surface area contributed by atoms with Crippen molar-refractivity contribution >= 4 is 15.7 Å². The number of benzene rings is 1. The molecule has 0 unspecified atom stereocenters. The van der Waals surface area contributed by atoms with Crippen molar-refractivity contribution in [3.8, 4) is 0 Å². The van der Waals surface area contributed by atoms with Crippen LogP contribution in [-0.2, 0) is 30.4 Å². The van der Waals surface area contributed by atoms with Crippen LogP contribution in [0.15, 0.2) is 30.3 Å². The number of rotatable bonds is 2. The van der Waals surface area contributed by atoms with E-state index in [1.165, 1.54) is 29.0 Å². The van der Waals surface area contributed by atoms with Gasteiger partial charge >= 0.3 is 15.5 Å². The maximum absolute atomic E-state index is 11.9. The van der Waals surface area contributed by atoms with Crippen LogP contribution in [0.2, 0.25) is 0 Å². The summed E-state index contributed by atoms with van der Waals surface area (Å²) in [7, 11) is -5.30. The number of halogens is 3. The molecular weight excluding hydrogens is 326 g/mol. The molecule has 0 bridgehead atoms. The van der Waals surface area contributed by atoms with Crippen LogP contribution in [0, 0.1) is 0 Å². The summed E-state index contributed by atoms with van der Waals surface area (Å²) in [5.74, 6) is 0. The molecule has 0 heterocycles. The summed E-state index contributed by atoms with van der Waals surface area (Å²) in [6.45, 7) is 0. The van der Waals surface area contributed by atoms with Crippen LogP contribution in [0.5, 0.6) is 0 Å². The Labute approximate surface area is 98.4 Å². The summed E-state index contributed by atoms with van der Waals surface area (Å²) >= 11 is 0. The van der Waals surface area contributed by atoms with Gasteiger partial charge in [-0.15, -0.1) is 0 Å². The number of alkyl halides is 3. The van der Waals surface area contributed by atoms with E-state index >= 15 is 0 Å². The maximum Gasteiger partial charge on any atom is 0.516 e. The molecule has 0 saturated heterocycles. The Kier molecular flexibility index (Phi) is 4.77. The van der Waals surface area contributed by atoms with Gasteiger partial charge in [0.25, 0.3) is 0 Å². The molecule has 0 aromatic heterocycles. The van der Waals surface area contributed by atoms with Gasteiger partial charge in [0.1, 0.15) is 0 Å². The molecule has 8 heteroatoms. The first-order chi connectivity index (χ1) is 6.33. The molecule has 1 N–H and O–H groups in total. The van der Waals surface area contributed by atoms with E-state index in [0.717, 1.165) is 0 Å². The molecule has 1 rings (SSSR count). The Bertz CT molecular complexity index is 404. The molecule has 3 nitrogen and oxygen atoms in total. The molecule has 0 radical (unpaired) electrons. The average Bonchev–Trinajstić information content (AvgIpc) is 2.03. The van der Waals surface area contributed by atoms with Gasteiger partial charge in [-0.25, -0.2) is 0 Å². The second-order valence-electron chi connectivity index (χ2n) is 2.42. The molecule has 1 aromatic carbocycles. The van der Waals surface area contributed by atoms with Crippen LogP contribution in [0.4, 0.5) is 18.9 Å². The zero-order chi connectivity index (χ0) is 10.8. The normalized spacial score (nSPS) is 11.7. The molecule has 1 aromatic rings. The zero-order valence-electron chi connectivity index (χ0n) is 7.06. The molecule has 0 aliphatic heterocycles. The van der Waals surface area contributed by atoms with Crippen molar-refractivity contribution in [1.29, 1.82) is 0 Å². The number of nitrogens with one attached hydrogen (secondary N) is 1. The minimum absolute atomic E-state index is 0. The van der Waals surface area contributed by atoms with Crippen LogP contribution in [0.1, 0.15) is 0 Å². The van der Waals surface area contributed by atoms with Gasteiger partial charge in [-0.05, 0) is 12.1 Å². The first kappa shape index (κ1) is 14.4. The summed E-state index contributed by atoms with van der Waals surface area (Å²) in [5, 5.41) is 0. The summed E-state index contributed by atoms with van der Waals surface area (Å²) in [4.78, 5) is 0. The largest absolute Gasteiger partial charge is 0.516 e. The van der Waals surface area contributed by atoms with Crippen LogP contribution in [0.25, 0.3) is 0 Å². The number of anilines is 1. The second-order valence-corrected chi connectivity index (χ2v) is 4.09. The Morgan fingerprint density at radius 3 is 1.93 bits per heavy atom. The minimum atomic E-state index is -5.30. The molecule has 0 amide bonds. The summed E-state index contributed by atoms with van der Waals surface area (Å²) in [6, 6.07) is 6.86. The van der Waals surface area contributed by atoms with Crippen molar-refractivity contribution in [2.24, 2.45) is 0 Å². The SMILES string of the molecule is O=S(=O)(Nc1ccccc1)C(F)(F)F.[Pd]. The van der Waals surface area contributed by atoms with E-state index < -0.39 is 15.5 Å². The average molecular weight is 332 g/mol.